The van der Waals surface area contributed by atoms with Crippen molar-refractivity contribution in [3.63, 3.8) is 0 Å². The Balaban J connectivity index is 1.55. The zero-order chi connectivity index (χ0) is 24.5. The highest BCUT2D eigenvalue weighted by Crippen LogP contribution is 2.33. The number of carbonyl (C=O) groups is 1. The summed E-state index contributed by atoms with van der Waals surface area (Å²) in [6, 6.07) is 13.1. The van der Waals surface area contributed by atoms with Crippen LogP contribution in [-0.2, 0) is 14.8 Å². The van der Waals surface area contributed by atoms with E-state index in [9.17, 15) is 13.2 Å². The standard InChI is InChI=1S/C25H30N4O4S/c1-16(2)22(28-34(31,32)20-13-9-18(4)10-14-20)25(30)29-15-5-6-21(29)24-26-23(27-33-24)19-11-7-17(3)8-12-19/h7-14,16,21-22,28H,5-6,15H2,1-4H3/t21-,22-/m0/s1. The highest BCUT2D eigenvalue weighted by Gasteiger charge is 2.39. The summed E-state index contributed by atoms with van der Waals surface area (Å²) in [6.07, 6.45) is 1.45. The summed E-state index contributed by atoms with van der Waals surface area (Å²) in [5.74, 6) is 0.295. The zero-order valence-corrected chi connectivity index (χ0v) is 20.7. The van der Waals surface area contributed by atoms with Gasteiger partial charge in [0.1, 0.15) is 12.1 Å². The summed E-state index contributed by atoms with van der Waals surface area (Å²) in [5, 5.41) is 4.11. The lowest BCUT2D eigenvalue weighted by molar-refractivity contribution is -0.135. The van der Waals surface area contributed by atoms with Crippen LogP contribution in [0.2, 0.25) is 0 Å². The van der Waals surface area contributed by atoms with E-state index in [1.54, 1.807) is 29.2 Å². The van der Waals surface area contributed by atoms with E-state index in [0.717, 1.165) is 23.1 Å². The van der Waals surface area contributed by atoms with Crippen molar-refractivity contribution >= 4 is 15.9 Å². The molecule has 2 heterocycles. The number of hydrogen-bond acceptors (Lipinski definition) is 6. The molecule has 2 aromatic carbocycles. The van der Waals surface area contributed by atoms with E-state index in [1.165, 1.54) is 0 Å². The molecule has 0 saturated carbocycles. The first-order valence-corrected chi connectivity index (χ1v) is 12.9. The summed E-state index contributed by atoms with van der Waals surface area (Å²) < 4.78 is 34.2. The van der Waals surface area contributed by atoms with Crippen molar-refractivity contribution in [2.75, 3.05) is 6.54 Å². The number of aromatic nitrogens is 2. The third-order valence-corrected chi connectivity index (χ3v) is 7.58. The van der Waals surface area contributed by atoms with Crippen LogP contribution in [0.15, 0.2) is 57.9 Å². The van der Waals surface area contributed by atoms with Crippen LogP contribution in [0.25, 0.3) is 11.4 Å². The van der Waals surface area contributed by atoms with Crippen LogP contribution >= 0.6 is 0 Å². The van der Waals surface area contributed by atoms with Gasteiger partial charge in [-0.05, 0) is 44.7 Å². The third kappa shape index (κ3) is 5.05. The van der Waals surface area contributed by atoms with E-state index >= 15 is 0 Å². The number of benzene rings is 2. The molecule has 1 aliphatic heterocycles. The first-order valence-electron chi connectivity index (χ1n) is 11.5. The normalized spacial score (nSPS) is 17.3. The predicted molar refractivity (Wildman–Crippen MR) is 128 cm³/mol. The Morgan fingerprint density at radius 1 is 1.06 bits per heavy atom. The Bertz CT molecular complexity index is 1250. The fourth-order valence-electron chi connectivity index (χ4n) is 4.08. The third-order valence-electron chi connectivity index (χ3n) is 6.12. The molecule has 0 unspecified atom stereocenters. The highest BCUT2D eigenvalue weighted by atomic mass is 32.2. The van der Waals surface area contributed by atoms with Crippen LogP contribution in [0.4, 0.5) is 0 Å². The van der Waals surface area contributed by atoms with Crippen LogP contribution < -0.4 is 4.72 Å². The summed E-state index contributed by atoms with van der Waals surface area (Å²) >= 11 is 0. The molecule has 1 amide bonds. The number of rotatable bonds is 7. The topological polar surface area (TPSA) is 105 Å². The zero-order valence-electron chi connectivity index (χ0n) is 19.9. The molecule has 1 N–H and O–H groups in total. The summed E-state index contributed by atoms with van der Waals surface area (Å²) in [5.41, 5.74) is 2.93. The van der Waals surface area contributed by atoms with Gasteiger partial charge in [0, 0.05) is 12.1 Å². The van der Waals surface area contributed by atoms with Gasteiger partial charge in [0.2, 0.25) is 27.6 Å². The molecule has 1 aromatic heterocycles. The number of nitrogens with zero attached hydrogens (tertiary/aromatic N) is 3. The van der Waals surface area contributed by atoms with Gasteiger partial charge in [-0.1, -0.05) is 66.5 Å². The average Bonchev–Trinajstić information content (AvgIpc) is 3.47. The lowest BCUT2D eigenvalue weighted by Gasteiger charge is -2.29. The number of sulfonamides is 1. The smallest absolute Gasteiger partial charge is 0.249 e. The maximum absolute atomic E-state index is 13.6. The molecule has 1 aliphatic rings. The summed E-state index contributed by atoms with van der Waals surface area (Å²) in [7, 11) is -3.86. The molecule has 180 valence electrons. The Kier molecular flexibility index (Phi) is 6.86. The molecular formula is C25H30N4O4S. The fourth-order valence-corrected chi connectivity index (χ4v) is 5.42. The van der Waals surface area contributed by atoms with Gasteiger partial charge in [0.25, 0.3) is 0 Å². The number of carbonyl (C=O) groups excluding carboxylic acids is 1. The van der Waals surface area contributed by atoms with Gasteiger partial charge < -0.3 is 9.42 Å². The van der Waals surface area contributed by atoms with Crippen LogP contribution in [-0.4, -0.2) is 42.0 Å². The predicted octanol–water partition coefficient (Wildman–Crippen LogP) is 4.02. The van der Waals surface area contributed by atoms with Crippen molar-refractivity contribution < 1.29 is 17.7 Å². The number of likely N-dealkylation sites (tertiary alicyclic amines) is 1. The molecule has 9 heteroatoms. The van der Waals surface area contributed by atoms with E-state index < -0.39 is 16.1 Å². The lowest BCUT2D eigenvalue weighted by atomic mass is 10.0. The number of aryl methyl sites for hydroxylation is 2. The molecule has 3 aromatic rings. The minimum Gasteiger partial charge on any atom is -0.337 e. The Labute approximate surface area is 200 Å². The van der Waals surface area contributed by atoms with Gasteiger partial charge in [-0.15, -0.1) is 0 Å². The molecule has 0 radical (unpaired) electrons. The van der Waals surface area contributed by atoms with Crippen LogP contribution in [0.1, 0.15) is 49.7 Å². The quantitative estimate of drug-likeness (QED) is 0.545. The van der Waals surface area contributed by atoms with Gasteiger partial charge in [-0.25, -0.2) is 8.42 Å². The second-order valence-corrected chi connectivity index (χ2v) is 10.9. The first-order chi connectivity index (χ1) is 16.2. The van der Waals surface area contributed by atoms with Crippen molar-refractivity contribution in [3.8, 4) is 11.4 Å². The number of amides is 1. The van der Waals surface area contributed by atoms with E-state index in [4.69, 9.17) is 4.52 Å². The molecule has 4 rings (SSSR count). The molecule has 0 spiro atoms. The monoisotopic (exact) mass is 482 g/mol. The molecule has 1 fully saturated rings. The van der Waals surface area contributed by atoms with Crippen LogP contribution in [0, 0.1) is 19.8 Å². The highest BCUT2D eigenvalue weighted by molar-refractivity contribution is 7.89. The van der Waals surface area contributed by atoms with E-state index in [1.807, 2.05) is 52.0 Å². The first kappa shape index (κ1) is 24.1. The van der Waals surface area contributed by atoms with Crippen LogP contribution in [0.3, 0.4) is 0 Å². The van der Waals surface area contributed by atoms with Gasteiger partial charge in [0.15, 0.2) is 0 Å². The number of nitrogens with one attached hydrogen (secondary N) is 1. The fraction of sp³-hybridized carbons (Fsp3) is 0.400. The van der Waals surface area contributed by atoms with E-state index in [0.29, 0.717) is 24.7 Å². The molecule has 2 atom stereocenters. The van der Waals surface area contributed by atoms with Crippen LogP contribution in [0.5, 0.6) is 0 Å². The lowest BCUT2D eigenvalue weighted by Crippen LogP contribution is -2.50. The maximum Gasteiger partial charge on any atom is 0.249 e. The van der Waals surface area contributed by atoms with Crippen molar-refractivity contribution in [1.82, 2.24) is 19.8 Å². The Morgan fingerprint density at radius 2 is 1.68 bits per heavy atom. The summed E-state index contributed by atoms with van der Waals surface area (Å²) in [4.78, 5) is 19.9. The molecule has 34 heavy (non-hydrogen) atoms. The van der Waals surface area contributed by atoms with E-state index in [2.05, 4.69) is 14.9 Å². The van der Waals surface area contributed by atoms with Gasteiger partial charge in [-0.2, -0.15) is 9.71 Å². The van der Waals surface area contributed by atoms with Crippen molar-refractivity contribution in [3.05, 3.63) is 65.5 Å². The molecule has 1 saturated heterocycles. The molecule has 0 aliphatic carbocycles. The van der Waals surface area contributed by atoms with Gasteiger partial charge in [-0.3, -0.25) is 4.79 Å². The maximum atomic E-state index is 13.6. The molecule has 0 bridgehead atoms. The Morgan fingerprint density at radius 3 is 2.29 bits per heavy atom. The van der Waals surface area contributed by atoms with E-state index in [-0.39, 0.29) is 22.8 Å². The largest absolute Gasteiger partial charge is 0.337 e. The van der Waals surface area contributed by atoms with Gasteiger partial charge in [0.05, 0.1) is 4.90 Å². The minimum atomic E-state index is -3.86. The SMILES string of the molecule is Cc1ccc(-c2noc([C@@H]3CCCN3C(=O)[C@@H](NS(=O)(=O)c3ccc(C)cc3)C(C)C)n2)cc1. The Hall–Kier alpha value is -3.04. The number of hydrogen-bond donors (Lipinski definition) is 1. The second kappa shape index (κ2) is 9.68. The van der Waals surface area contributed by atoms with Crippen molar-refractivity contribution in [1.29, 1.82) is 0 Å². The van der Waals surface area contributed by atoms with Gasteiger partial charge >= 0.3 is 0 Å². The average molecular weight is 483 g/mol. The van der Waals surface area contributed by atoms with Crippen molar-refractivity contribution in [2.24, 2.45) is 5.92 Å². The van der Waals surface area contributed by atoms with Crippen molar-refractivity contribution in [2.45, 2.75) is 57.5 Å². The summed E-state index contributed by atoms with van der Waals surface area (Å²) in [6.45, 7) is 8.05. The molecular weight excluding hydrogens is 452 g/mol. The molecule has 8 nitrogen and oxygen atoms in total. The minimum absolute atomic E-state index is 0.133. The second-order valence-electron chi connectivity index (χ2n) is 9.17.